The molecule has 2 fully saturated rings. The first-order valence-corrected chi connectivity index (χ1v) is 17.7. The molecule has 0 spiro atoms. The smallest absolute Gasteiger partial charge is 0.245 e. The summed E-state index contributed by atoms with van der Waals surface area (Å²) >= 11 is 0. The first-order valence-electron chi connectivity index (χ1n) is 17.7. The molecule has 3 amide bonds. The summed E-state index contributed by atoms with van der Waals surface area (Å²) < 4.78 is 0. The van der Waals surface area contributed by atoms with Crippen molar-refractivity contribution in [2.45, 2.75) is 102 Å². The Balaban J connectivity index is 1.49. The van der Waals surface area contributed by atoms with Gasteiger partial charge in [0.1, 0.15) is 6.04 Å². The predicted molar refractivity (Wildman–Crippen MR) is 189 cm³/mol. The molecule has 2 aromatic carbocycles. The highest BCUT2D eigenvalue weighted by Crippen LogP contribution is 2.31. The number of nitrogens with two attached hydrogens (primary N) is 2. The Bertz CT molecular complexity index is 1330. The summed E-state index contributed by atoms with van der Waals surface area (Å²) in [4.78, 5) is 59.7. The van der Waals surface area contributed by atoms with Crippen LogP contribution in [0.15, 0.2) is 60.7 Å². The molecule has 262 valence electrons. The van der Waals surface area contributed by atoms with E-state index in [1.165, 1.54) is 0 Å². The molecule has 2 aliphatic heterocycles. The van der Waals surface area contributed by atoms with Gasteiger partial charge in [-0.2, -0.15) is 0 Å². The molecular weight excluding hydrogens is 604 g/mol. The number of benzene rings is 2. The zero-order chi connectivity index (χ0) is 34.6. The van der Waals surface area contributed by atoms with Crippen LogP contribution < -0.4 is 22.1 Å². The molecule has 48 heavy (non-hydrogen) atoms. The van der Waals surface area contributed by atoms with E-state index in [9.17, 15) is 19.2 Å². The SMILES string of the molecule is CC(C)CC(CC(=O)C(Cc1ccccc1)NC(=O)C(N)Cc1ccccc1)C(=O)NC(CCCCN)C(=O)N1C2CCC1CN(C)C2. The number of nitrogens with zero attached hydrogens (tertiary/aromatic N) is 2. The van der Waals surface area contributed by atoms with Crippen molar-refractivity contribution >= 4 is 23.5 Å². The summed E-state index contributed by atoms with van der Waals surface area (Å²) in [6.45, 7) is 6.22. The average Bonchev–Trinajstić information content (AvgIpc) is 3.34. The van der Waals surface area contributed by atoms with Crippen LogP contribution in [0, 0.1) is 11.8 Å². The Morgan fingerprint density at radius 3 is 1.94 bits per heavy atom. The number of hydrogen-bond acceptors (Lipinski definition) is 7. The summed E-state index contributed by atoms with van der Waals surface area (Å²) in [5.41, 5.74) is 13.9. The minimum atomic E-state index is -0.855. The number of fused-ring (bicyclic) bond motifs is 2. The van der Waals surface area contributed by atoms with Crippen molar-refractivity contribution in [1.29, 1.82) is 0 Å². The van der Waals surface area contributed by atoms with E-state index < -0.39 is 30.0 Å². The van der Waals surface area contributed by atoms with Crippen LogP contribution in [0.1, 0.15) is 69.9 Å². The summed E-state index contributed by atoms with van der Waals surface area (Å²) in [7, 11) is 2.09. The highest BCUT2D eigenvalue weighted by Gasteiger charge is 2.44. The summed E-state index contributed by atoms with van der Waals surface area (Å²) in [6, 6.07) is 17.0. The van der Waals surface area contributed by atoms with E-state index in [0.29, 0.717) is 25.8 Å². The number of hydrogen-bond donors (Lipinski definition) is 4. The van der Waals surface area contributed by atoms with Gasteiger partial charge in [-0.3, -0.25) is 19.2 Å². The van der Waals surface area contributed by atoms with Crippen molar-refractivity contribution in [3.05, 3.63) is 71.8 Å². The Morgan fingerprint density at radius 2 is 1.38 bits per heavy atom. The van der Waals surface area contributed by atoms with E-state index in [0.717, 1.165) is 49.9 Å². The Kier molecular flexibility index (Phi) is 14.1. The van der Waals surface area contributed by atoms with Crippen molar-refractivity contribution in [2.75, 3.05) is 26.7 Å². The Labute approximate surface area is 286 Å². The number of Topliss-reactive ketones (excluding diaryl/α,β-unsaturated/α-hetero) is 1. The Morgan fingerprint density at radius 1 is 0.812 bits per heavy atom. The van der Waals surface area contributed by atoms with Crippen LogP contribution in [0.5, 0.6) is 0 Å². The summed E-state index contributed by atoms with van der Waals surface area (Å²) in [5.74, 6) is -1.49. The number of carbonyl (C=O) groups excluding carboxylic acids is 4. The van der Waals surface area contributed by atoms with Gasteiger partial charge in [0, 0.05) is 37.5 Å². The number of amides is 3. The monoisotopic (exact) mass is 660 g/mol. The summed E-state index contributed by atoms with van der Waals surface area (Å²) in [6.07, 6.45) is 4.96. The van der Waals surface area contributed by atoms with Crippen molar-refractivity contribution in [2.24, 2.45) is 23.3 Å². The third-order valence-electron chi connectivity index (χ3n) is 9.68. The number of piperazine rings is 1. The number of nitrogens with one attached hydrogen (secondary N) is 2. The fourth-order valence-corrected chi connectivity index (χ4v) is 7.27. The molecule has 6 unspecified atom stereocenters. The third kappa shape index (κ3) is 10.7. The van der Waals surface area contributed by atoms with Crippen LogP contribution in [0.2, 0.25) is 0 Å². The van der Waals surface area contributed by atoms with Gasteiger partial charge in [-0.25, -0.2) is 0 Å². The van der Waals surface area contributed by atoms with E-state index in [1.807, 2.05) is 79.4 Å². The van der Waals surface area contributed by atoms with E-state index in [1.54, 1.807) is 0 Å². The first kappa shape index (κ1) is 37.2. The van der Waals surface area contributed by atoms with Gasteiger partial charge in [0.2, 0.25) is 17.7 Å². The highest BCUT2D eigenvalue weighted by molar-refractivity contribution is 5.95. The van der Waals surface area contributed by atoms with Crippen LogP contribution in [0.3, 0.4) is 0 Å². The highest BCUT2D eigenvalue weighted by atomic mass is 16.2. The molecular formula is C38H56N6O4. The molecule has 2 heterocycles. The number of unbranched alkanes of at least 4 members (excludes halogenated alkanes) is 1. The number of ketones is 1. The molecule has 0 radical (unpaired) electrons. The molecule has 0 saturated carbocycles. The van der Waals surface area contributed by atoms with E-state index in [-0.39, 0.29) is 48.4 Å². The van der Waals surface area contributed by atoms with Crippen LogP contribution in [-0.2, 0) is 32.0 Å². The second kappa shape index (κ2) is 18.2. The number of carbonyl (C=O) groups is 4. The Hall–Kier alpha value is -3.60. The predicted octanol–water partition coefficient (Wildman–Crippen LogP) is 2.82. The maximum atomic E-state index is 14.0. The molecule has 2 bridgehead atoms. The van der Waals surface area contributed by atoms with Crippen LogP contribution in [0.4, 0.5) is 0 Å². The quantitative estimate of drug-likeness (QED) is 0.180. The number of likely N-dealkylation sites (N-methyl/N-ethyl adjacent to an activating group) is 1. The van der Waals surface area contributed by atoms with Crippen LogP contribution >= 0.6 is 0 Å². The van der Waals surface area contributed by atoms with Gasteiger partial charge >= 0.3 is 0 Å². The van der Waals surface area contributed by atoms with E-state index in [2.05, 4.69) is 22.6 Å². The minimum absolute atomic E-state index is 0.0304. The molecule has 2 aliphatic rings. The van der Waals surface area contributed by atoms with Crippen LogP contribution in [0.25, 0.3) is 0 Å². The largest absolute Gasteiger partial charge is 0.345 e. The molecule has 6 atom stereocenters. The van der Waals surface area contributed by atoms with Gasteiger partial charge < -0.3 is 31.9 Å². The summed E-state index contributed by atoms with van der Waals surface area (Å²) in [5, 5.41) is 6.01. The minimum Gasteiger partial charge on any atom is -0.345 e. The topological polar surface area (TPSA) is 151 Å². The molecule has 0 aliphatic carbocycles. The van der Waals surface area contributed by atoms with Gasteiger partial charge in [-0.05, 0) is 82.0 Å². The lowest BCUT2D eigenvalue weighted by molar-refractivity contribution is -0.142. The van der Waals surface area contributed by atoms with Crippen molar-refractivity contribution in [3.63, 3.8) is 0 Å². The maximum absolute atomic E-state index is 14.0. The van der Waals surface area contributed by atoms with Gasteiger partial charge in [0.25, 0.3) is 0 Å². The zero-order valence-electron chi connectivity index (χ0n) is 29.0. The van der Waals surface area contributed by atoms with Crippen molar-refractivity contribution < 1.29 is 19.2 Å². The number of likely N-dealkylation sites (tertiary alicyclic amines) is 1. The van der Waals surface area contributed by atoms with E-state index in [4.69, 9.17) is 11.5 Å². The van der Waals surface area contributed by atoms with Gasteiger partial charge in [-0.15, -0.1) is 0 Å². The van der Waals surface area contributed by atoms with E-state index >= 15 is 0 Å². The molecule has 10 heteroatoms. The lowest BCUT2D eigenvalue weighted by Crippen LogP contribution is -2.59. The van der Waals surface area contributed by atoms with Crippen molar-refractivity contribution in [1.82, 2.24) is 20.4 Å². The third-order valence-corrected chi connectivity index (χ3v) is 9.68. The molecule has 0 aromatic heterocycles. The second-order valence-corrected chi connectivity index (χ2v) is 14.2. The van der Waals surface area contributed by atoms with Gasteiger partial charge in [0.05, 0.1) is 12.1 Å². The molecule has 2 aromatic rings. The second-order valence-electron chi connectivity index (χ2n) is 14.2. The maximum Gasteiger partial charge on any atom is 0.245 e. The molecule has 2 saturated heterocycles. The fraction of sp³-hybridized carbons (Fsp3) is 0.579. The van der Waals surface area contributed by atoms with Crippen molar-refractivity contribution in [3.8, 4) is 0 Å². The standard InChI is InChI=1S/C38H56N6O4/c1-26(2)20-29(36(46)41-33(16-10-11-19-39)38(48)44-30-17-18-31(44)25-43(3)24-30)23-35(45)34(22-28-14-8-5-9-15-28)42-37(47)32(40)21-27-12-6-4-7-13-27/h4-9,12-15,26,29-34H,10-11,16-25,39-40H2,1-3H3,(H,41,46)(H,42,47). The fourth-order valence-electron chi connectivity index (χ4n) is 7.27. The molecule has 4 rings (SSSR count). The first-order chi connectivity index (χ1) is 23.0. The lowest BCUT2D eigenvalue weighted by atomic mass is 9.88. The average molecular weight is 661 g/mol. The molecule has 10 nitrogen and oxygen atoms in total. The lowest BCUT2D eigenvalue weighted by Gasteiger charge is -2.41. The zero-order valence-corrected chi connectivity index (χ0v) is 29.0. The number of rotatable bonds is 18. The normalized spacial score (nSPS) is 20.2. The van der Waals surface area contributed by atoms with Gasteiger partial charge in [0.15, 0.2) is 5.78 Å². The molecule has 6 N–H and O–H groups in total. The van der Waals surface area contributed by atoms with Crippen LogP contribution in [-0.4, -0.2) is 90.2 Å². The van der Waals surface area contributed by atoms with Gasteiger partial charge in [-0.1, -0.05) is 74.5 Å².